The molecule has 0 amide bonds. The van der Waals surface area contributed by atoms with Crippen LogP contribution >= 0.6 is 11.6 Å². The molecular formula is C14H16ClN3. The van der Waals surface area contributed by atoms with Crippen molar-refractivity contribution in [1.29, 1.82) is 0 Å². The molecule has 0 aromatic carbocycles. The predicted octanol–water partition coefficient (Wildman–Crippen LogP) is 3.80. The van der Waals surface area contributed by atoms with Crippen molar-refractivity contribution in [2.75, 3.05) is 0 Å². The summed E-state index contributed by atoms with van der Waals surface area (Å²) in [6.45, 7) is 8.16. The van der Waals surface area contributed by atoms with Gasteiger partial charge in [0.15, 0.2) is 0 Å². The van der Waals surface area contributed by atoms with Gasteiger partial charge in [-0.3, -0.25) is 4.98 Å². The van der Waals surface area contributed by atoms with E-state index in [9.17, 15) is 0 Å². The van der Waals surface area contributed by atoms with Gasteiger partial charge in [-0.2, -0.15) is 0 Å². The van der Waals surface area contributed by atoms with Crippen LogP contribution in [0.15, 0.2) is 24.4 Å². The Morgan fingerprint density at radius 2 is 1.83 bits per heavy atom. The van der Waals surface area contributed by atoms with Crippen molar-refractivity contribution in [3.05, 3.63) is 41.1 Å². The second-order valence-corrected chi connectivity index (χ2v) is 5.72. The molecule has 0 atom stereocenters. The maximum Gasteiger partial charge on any atom is 0.136 e. The molecular weight excluding hydrogens is 246 g/mol. The zero-order valence-corrected chi connectivity index (χ0v) is 11.8. The molecule has 0 N–H and O–H groups in total. The molecule has 18 heavy (non-hydrogen) atoms. The molecule has 3 nitrogen and oxygen atoms in total. The minimum absolute atomic E-state index is 0.123. The van der Waals surface area contributed by atoms with Gasteiger partial charge in [0.25, 0.3) is 0 Å². The largest absolute Gasteiger partial charge is 0.262 e. The molecule has 0 aliphatic carbocycles. The quantitative estimate of drug-likeness (QED) is 0.733. The molecule has 2 aromatic heterocycles. The summed E-state index contributed by atoms with van der Waals surface area (Å²) in [6.07, 6.45) is 1.78. The summed E-state index contributed by atoms with van der Waals surface area (Å²) < 4.78 is 0. The molecule has 0 aliphatic rings. The Kier molecular flexibility index (Phi) is 3.35. The van der Waals surface area contributed by atoms with E-state index in [1.807, 2.05) is 19.1 Å². The van der Waals surface area contributed by atoms with Crippen LogP contribution in [-0.4, -0.2) is 15.0 Å². The lowest BCUT2D eigenvalue weighted by molar-refractivity contribution is 0.546. The first-order valence-corrected chi connectivity index (χ1v) is 6.22. The molecule has 0 fully saturated rings. The van der Waals surface area contributed by atoms with Crippen LogP contribution in [0.25, 0.3) is 11.3 Å². The third-order valence-electron chi connectivity index (χ3n) is 2.56. The van der Waals surface area contributed by atoms with E-state index >= 15 is 0 Å². The highest BCUT2D eigenvalue weighted by Gasteiger charge is 2.19. The first-order valence-electron chi connectivity index (χ1n) is 5.84. The number of aromatic nitrogens is 3. The van der Waals surface area contributed by atoms with Crippen molar-refractivity contribution >= 4 is 11.6 Å². The molecule has 2 rings (SSSR count). The zero-order valence-electron chi connectivity index (χ0n) is 11.0. The van der Waals surface area contributed by atoms with Crippen LogP contribution in [0.5, 0.6) is 0 Å². The van der Waals surface area contributed by atoms with E-state index in [1.54, 1.807) is 12.3 Å². The third kappa shape index (κ3) is 2.85. The lowest BCUT2D eigenvalue weighted by atomic mass is 9.95. The molecule has 0 unspecified atom stereocenters. The number of hydrogen-bond acceptors (Lipinski definition) is 3. The van der Waals surface area contributed by atoms with E-state index in [-0.39, 0.29) is 5.41 Å². The minimum Gasteiger partial charge on any atom is -0.262 e. The number of hydrogen-bond donors (Lipinski definition) is 0. The second-order valence-electron chi connectivity index (χ2n) is 5.34. The Hall–Kier alpha value is -1.48. The predicted molar refractivity (Wildman–Crippen MR) is 73.7 cm³/mol. The summed E-state index contributed by atoms with van der Waals surface area (Å²) in [6, 6.07) is 5.70. The van der Waals surface area contributed by atoms with Crippen LogP contribution in [0.2, 0.25) is 5.15 Å². The van der Waals surface area contributed by atoms with Gasteiger partial charge >= 0.3 is 0 Å². The molecule has 2 heterocycles. The van der Waals surface area contributed by atoms with E-state index in [0.717, 1.165) is 22.8 Å². The molecule has 94 valence electrons. The highest BCUT2D eigenvalue weighted by molar-refractivity contribution is 6.29. The molecule has 0 spiro atoms. The van der Waals surface area contributed by atoms with Crippen LogP contribution in [0.4, 0.5) is 0 Å². The van der Waals surface area contributed by atoms with Crippen LogP contribution < -0.4 is 0 Å². The summed E-state index contributed by atoms with van der Waals surface area (Å²) in [4.78, 5) is 13.1. The average Bonchev–Trinajstić information content (AvgIpc) is 2.27. The lowest BCUT2D eigenvalue weighted by Gasteiger charge is -2.17. The summed E-state index contributed by atoms with van der Waals surface area (Å²) in [5.74, 6) is 0.750. The summed E-state index contributed by atoms with van der Waals surface area (Å²) in [7, 11) is 0. The molecule has 2 aromatic rings. The number of halogens is 1. The molecule has 0 bridgehead atoms. The van der Waals surface area contributed by atoms with Crippen LogP contribution in [0.3, 0.4) is 0 Å². The fraction of sp³-hybridized carbons (Fsp3) is 0.357. The average molecular weight is 262 g/mol. The van der Waals surface area contributed by atoms with Gasteiger partial charge in [0, 0.05) is 28.9 Å². The molecule has 0 radical (unpaired) electrons. The first kappa shape index (κ1) is 13.0. The third-order valence-corrected chi connectivity index (χ3v) is 2.75. The number of rotatable bonds is 1. The Bertz CT molecular complexity index is 573. The van der Waals surface area contributed by atoms with Crippen LogP contribution in [-0.2, 0) is 5.41 Å². The van der Waals surface area contributed by atoms with Gasteiger partial charge < -0.3 is 0 Å². The maximum absolute atomic E-state index is 6.08. The van der Waals surface area contributed by atoms with E-state index in [4.69, 9.17) is 11.6 Å². The lowest BCUT2D eigenvalue weighted by Crippen LogP contribution is -2.16. The number of aryl methyl sites for hydroxylation is 1. The van der Waals surface area contributed by atoms with Crippen molar-refractivity contribution in [2.24, 2.45) is 0 Å². The Morgan fingerprint density at radius 1 is 1.11 bits per heavy atom. The minimum atomic E-state index is -0.123. The standard InChI is InChI=1S/C14H16ClN3/c1-9-7-10(5-6-16-9)11-8-12(15)18-13(17-11)14(2,3)4/h5-8H,1-4H3. The van der Waals surface area contributed by atoms with Crippen molar-refractivity contribution in [1.82, 2.24) is 15.0 Å². The summed E-state index contributed by atoms with van der Waals surface area (Å²) in [5.41, 5.74) is 2.68. The van der Waals surface area contributed by atoms with Gasteiger partial charge in [0.2, 0.25) is 0 Å². The van der Waals surface area contributed by atoms with Gasteiger partial charge in [-0.1, -0.05) is 32.4 Å². The topological polar surface area (TPSA) is 38.7 Å². The smallest absolute Gasteiger partial charge is 0.136 e. The van der Waals surface area contributed by atoms with E-state index < -0.39 is 0 Å². The van der Waals surface area contributed by atoms with Crippen molar-refractivity contribution in [3.63, 3.8) is 0 Å². The van der Waals surface area contributed by atoms with E-state index in [1.165, 1.54) is 0 Å². The van der Waals surface area contributed by atoms with Gasteiger partial charge in [-0.15, -0.1) is 0 Å². The monoisotopic (exact) mass is 261 g/mol. The van der Waals surface area contributed by atoms with Crippen molar-refractivity contribution in [2.45, 2.75) is 33.1 Å². The van der Waals surface area contributed by atoms with Crippen molar-refractivity contribution < 1.29 is 0 Å². The first-order chi connectivity index (χ1) is 8.36. The zero-order chi connectivity index (χ0) is 13.3. The second kappa shape index (κ2) is 4.65. The summed E-state index contributed by atoms with van der Waals surface area (Å²) in [5, 5.41) is 0.472. The van der Waals surface area contributed by atoms with Gasteiger partial charge in [0.1, 0.15) is 11.0 Å². The SMILES string of the molecule is Cc1cc(-c2cc(Cl)nc(C(C)(C)C)n2)ccn1. The Balaban J connectivity index is 2.55. The fourth-order valence-corrected chi connectivity index (χ4v) is 1.79. The van der Waals surface area contributed by atoms with Gasteiger partial charge in [-0.25, -0.2) is 9.97 Å². The van der Waals surface area contributed by atoms with E-state index in [2.05, 4.69) is 35.7 Å². The number of pyridine rings is 1. The fourth-order valence-electron chi connectivity index (χ4n) is 1.61. The molecule has 0 aliphatic heterocycles. The molecule has 4 heteroatoms. The highest BCUT2D eigenvalue weighted by atomic mass is 35.5. The van der Waals surface area contributed by atoms with Crippen LogP contribution in [0, 0.1) is 6.92 Å². The highest BCUT2D eigenvalue weighted by Crippen LogP contribution is 2.25. The van der Waals surface area contributed by atoms with Gasteiger partial charge in [-0.05, 0) is 19.1 Å². The van der Waals surface area contributed by atoms with Crippen molar-refractivity contribution in [3.8, 4) is 11.3 Å². The van der Waals surface area contributed by atoms with Crippen LogP contribution in [0.1, 0.15) is 32.3 Å². The van der Waals surface area contributed by atoms with E-state index in [0.29, 0.717) is 5.15 Å². The normalized spacial score (nSPS) is 11.6. The molecule has 0 saturated carbocycles. The summed E-state index contributed by atoms with van der Waals surface area (Å²) >= 11 is 6.08. The number of nitrogens with zero attached hydrogens (tertiary/aromatic N) is 3. The Morgan fingerprint density at radius 3 is 2.44 bits per heavy atom. The maximum atomic E-state index is 6.08. The molecule has 0 saturated heterocycles. The Labute approximate surface area is 112 Å². The van der Waals surface area contributed by atoms with Gasteiger partial charge in [0.05, 0.1) is 5.69 Å².